The highest BCUT2D eigenvalue weighted by Gasteiger charge is 2.13. The molecule has 2 aromatic rings. The first-order valence-corrected chi connectivity index (χ1v) is 8.38. The van der Waals surface area contributed by atoms with Crippen molar-refractivity contribution in [1.82, 2.24) is 5.32 Å². The van der Waals surface area contributed by atoms with Gasteiger partial charge in [-0.25, -0.2) is 0 Å². The van der Waals surface area contributed by atoms with Crippen LogP contribution < -0.4 is 14.8 Å². The van der Waals surface area contributed by atoms with E-state index in [0.717, 1.165) is 0 Å². The number of nitrogens with zero attached hydrogens (tertiary/aromatic N) is 1. The molecule has 0 aliphatic rings. The molecule has 1 heterocycles. The summed E-state index contributed by atoms with van der Waals surface area (Å²) in [5, 5.41) is 11.9. The van der Waals surface area contributed by atoms with Crippen molar-refractivity contribution in [3.05, 3.63) is 53.5 Å². The molecule has 0 unspecified atom stereocenters. The molecule has 1 amide bonds. The third kappa shape index (κ3) is 5.75. The lowest BCUT2D eigenvalue weighted by molar-refractivity contribution is -0.134. The maximum absolute atomic E-state index is 12.2. The molecule has 0 saturated carbocycles. The highest BCUT2D eigenvalue weighted by atomic mass is 16.6. The molecule has 1 N–H and O–H groups in total. The minimum absolute atomic E-state index is 0.0701. The molecule has 0 aliphatic heterocycles. The van der Waals surface area contributed by atoms with Crippen LogP contribution in [0.4, 0.5) is 0 Å². The number of furan rings is 1. The second kappa shape index (κ2) is 9.82. The number of hydrogen-bond donors (Lipinski definition) is 1. The van der Waals surface area contributed by atoms with Crippen LogP contribution in [0.1, 0.15) is 31.1 Å². The Labute approximate surface area is 157 Å². The number of carbonyl (C=O) groups is 2. The Bertz CT molecular complexity index is 863. The van der Waals surface area contributed by atoms with E-state index >= 15 is 0 Å². The van der Waals surface area contributed by atoms with Crippen molar-refractivity contribution in [3.63, 3.8) is 0 Å². The van der Waals surface area contributed by atoms with E-state index in [0.29, 0.717) is 29.9 Å². The SMILES string of the molecule is CCCC(=O)Oc1ccc(/C=C(\C#N)C(=O)NCc2ccco2)cc1OC. The fourth-order valence-corrected chi connectivity index (χ4v) is 2.23. The van der Waals surface area contributed by atoms with E-state index in [2.05, 4.69) is 5.32 Å². The van der Waals surface area contributed by atoms with Gasteiger partial charge in [0.05, 0.1) is 19.9 Å². The highest BCUT2D eigenvalue weighted by Crippen LogP contribution is 2.29. The van der Waals surface area contributed by atoms with E-state index in [1.807, 2.05) is 13.0 Å². The van der Waals surface area contributed by atoms with Gasteiger partial charge >= 0.3 is 5.97 Å². The summed E-state index contributed by atoms with van der Waals surface area (Å²) in [5.74, 6) is 0.330. The molecule has 7 heteroatoms. The molecule has 1 aromatic heterocycles. The first kappa shape index (κ1) is 19.8. The average Bonchev–Trinajstić information content (AvgIpc) is 3.19. The van der Waals surface area contributed by atoms with Crippen LogP contribution in [-0.2, 0) is 16.1 Å². The van der Waals surface area contributed by atoms with Gasteiger partial charge in [-0.15, -0.1) is 0 Å². The molecule has 0 atom stereocenters. The van der Waals surface area contributed by atoms with E-state index in [1.165, 1.54) is 19.4 Å². The lowest BCUT2D eigenvalue weighted by Crippen LogP contribution is -2.23. The number of methoxy groups -OCH3 is 1. The minimum atomic E-state index is -0.522. The molecule has 2 rings (SSSR count). The first-order valence-electron chi connectivity index (χ1n) is 8.38. The van der Waals surface area contributed by atoms with Crippen LogP contribution in [0.3, 0.4) is 0 Å². The Kier molecular flexibility index (Phi) is 7.20. The van der Waals surface area contributed by atoms with Crippen molar-refractivity contribution in [2.24, 2.45) is 0 Å². The first-order chi connectivity index (χ1) is 13.1. The van der Waals surface area contributed by atoms with Crippen molar-refractivity contribution in [3.8, 4) is 17.6 Å². The van der Waals surface area contributed by atoms with Gasteiger partial charge in [0.1, 0.15) is 17.4 Å². The standard InChI is InChI=1S/C20H20N2O5/c1-3-5-19(23)27-17-8-7-14(11-18(17)25-2)10-15(12-21)20(24)22-13-16-6-4-9-26-16/h4,6-11H,3,5,13H2,1-2H3,(H,22,24)/b15-10+. The van der Waals surface area contributed by atoms with Gasteiger partial charge < -0.3 is 19.2 Å². The molecule has 0 fully saturated rings. The summed E-state index contributed by atoms with van der Waals surface area (Å²) < 4.78 is 15.6. The zero-order valence-electron chi connectivity index (χ0n) is 15.2. The van der Waals surface area contributed by atoms with Crippen molar-refractivity contribution in [2.75, 3.05) is 7.11 Å². The van der Waals surface area contributed by atoms with Gasteiger partial charge in [-0.2, -0.15) is 5.26 Å². The van der Waals surface area contributed by atoms with E-state index in [1.54, 1.807) is 30.3 Å². The summed E-state index contributed by atoms with van der Waals surface area (Å²) in [6.07, 6.45) is 3.92. The largest absolute Gasteiger partial charge is 0.493 e. The Morgan fingerprint density at radius 2 is 2.11 bits per heavy atom. The molecule has 27 heavy (non-hydrogen) atoms. The molecule has 0 aliphatic carbocycles. The van der Waals surface area contributed by atoms with Crippen LogP contribution in [0, 0.1) is 11.3 Å². The van der Waals surface area contributed by atoms with Gasteiger partial charge in [-0.1, -0.05) is 13.0 Å². The predicted molar refractivity (Wildman–Crippen MR) is 97.7 cm³/mol. The van der Waals surface area contributed by atoms with Crippen LogP contribution in [0.15, 0.2) is 46.6 Å². The summed E-state index contributed by atoms with van der Waals surface area (Å²) in [4.78, 5) is 23.8. The van der Waals surface area contributed by atoms with Crippen LogP contribution in [0.5, 0.6) is 11.5 Å². The Balaban J connectivity index is 2.13. The highest BCUT2D eigenvalue weighted by molar-refractivity contribution is 6.01. The zero-order chi connectivity index (χ0) is 19.6. The van der Waals surface area contributed by atoms with Crippen molar-refractivity contribution >= 4 is 18.0 Å². The number of nitrogens with one attached hydrogen (secondary N) is 1. The number of esters is 1. The summed E-state index contributed by atoms with van der Waals surface area (Å²) in [7, 11) is 1.45. The van der Waals surface area contributed by atoms with Gasteiger partial charge in [0.25, 0.3) is 5.91 Å². The van der Waals surface area contributed by atoms with Crippen molar-refractivity contribution in [2.45, 2.75) is 26.3 Å². The summed E-state index contributed by atoms with van der Waals surface area (Å²) in [6, 6.07) is 10.1. The topological polar surface area (TPSA) is 102 Å². The average molecular weight is 368 g/mol. The van der Waals surface area contributed by atoms with Gasteiger partial charge in [-0.3, -0.25) is 9.59 Å². The fourth-order valence-electron chi connectivity index (χ4n) is 2.23. The molecular weight excluding hydrogens is 348 g/mol. The fraction of sp³-hybridized carbons (Fsp3) is 0.250. The maximum Gasteiger partial charge on any atom is 0.311 e. The lowest BCUT2D eigenvalue weighted by Gasteiger charge is -2.10. The summed E-state index contributed by atoms with van der Waals surface area (Å²) in [5.41, 5.74) is 0.492. The number of hydrogen-bond acceptors (Lipinski definition) is 6. The number of ether oxygens (including phenoxy) is 2. The second-order valence-electron chi connectivity index (χ2n) is 5.57. The summed E-state index contributed by atoms with van der Waals surface area (Å²) >= 11 is 0. The van der Waals surface area contributed by atoms with Gasteiger partial charge in [0.2, 0.25) is 0 Å². The molecule has 0 radical (unpaired) electrons. The zero-order valence-corrected chi connectivity index (χ0v) is 15.2. The number of rotatable bonds is 8. The quantitative estimate of drug-likeness (QED) is 0.332. The van der Waals surface area contributed by atoms with Gasteiger partial charge in [0.15, 0.2) is 11.5 Å². The predicted octanol–water partition coefficient (Wildman–Crippen LogP) is 3.22. The molecule has 0 bridgehead atoms. The normalized spacial score (nSPS) is 10.8. The molecular formula is C20H20N2O5. The minimum Gasteiger partial charge on any atom is -0.493 e. The van der Waals surface area contributed by atoms with E-state index in [-0.39, 0.29) is 23.8 Å². The van der Waals surface area contributed by atoms with E-state index < -0.39 is 5.91 Å². The van der Waals surface area contributed by atoms with E-state index in [9.17, 15) is 14.9 Å². The Morgan fingerprint density at radius 3 is 2.74 bits per heavy atom. The van der Waals surface area contributed by atoms with Crippen LogP contribution >= 0.6 is 0 Å². The van der Waals surface area contributed by atoms with Crippen molar-refractivity contribution < 1.29 is 23.5 Å². The number of benzene rings is 1. The Hall–Kier alpha value is -3.53. The molecule has 0 spiro atoms. The Morgan fingerprint density at radius 1 is 1.30 bits per heavy atom. The number of nitriles is 1. The lowest BCUT2D eigenvalue weighted by atomic mass is 10.1. The monoisotopic (exact) mass is 368 g/mol. The van der Waals surface area contributed by atoms with Crippen LogP contribution in [0.2, 0.25) is 0 Å². The van der Waals surface area contributed by atoms with Crippen molar-refractivity contribution in [1.29, 1.82) is 5.26 Å². The van der Waals surface area contributed by atoms with Crippen LogP contribution in [0.25, 0.3) is 6.08 Å². The van der Waals surface area contributed by atoms with E-state index in [4.69, 9.17) is 13.9 Å². The smallest absolute Gasteiger partial charge is 0.311 e. The number of carbonyl (C=O) groups excluding carboxylic acids is 2. The molecule has 140 valence electrons. The third-order valence-corrected chi connectivity index (χ3v) is 3.54. The molecule has 0 saturated heterocycles. The number of amides is 1. The molecule has 7 nitrogen and oxygen atoms in total. The summed E-state index contributed by atoms with van der Waals surface area (Å²) in [6.45, 7) is 2.06. The van der Waals surface area contributed by atoms with Gasteiger partial charge in [0, 0.05) is 6.42 Å². The molecule has 1 aromatic carbocycles. The second-order valence-corrected chi connectivity index (χ2v) is 5.57. The van der Waals surface area contributed by atoms with Gasteiger partial charge in [-0.05, 0) is 42.3 Å². The third-order valence-electron chi connectivity index (χ3n) is 3.54. The van der Waals surface area contributed by atoms with Crippen LogP contribution in [-0.4, -0.2) is 19.0 Å². The maximum atomic E-state index is 12.2.